The Kier molecular flexibility index (Phi) is 9.55. The Balaban J connectivity index is 1.42. The van der Waals surface area contributed by atoms with Gasteiger partial charge in [-0.1, -0.05) is 12.5 Å². The van der Waals surface area contributed by atoms with E-state index in [1.54, 1.807) is 13.3 Å². The first-order valence-corrected chi connectivity index (χ1v) is 13.7. The molecule has 9 nitrogen and oxygen atoms in total. The van der Waals surface area contributed by atoms with Gasteiger partial charge in [0.2, 0.25) is 0 Å². The van der Waals surface area contributed by atoms with Crippen LogP contribution in [0.1, 0.15) is 80.3 Å². The highest BCUT2D eigenvalue weighted by molar-refractivity contribution is 5.89. The number of carbonyl (C=O) groups is 2. The van der Waals surface area contributed by atoms with Gasteiger partial charge in [0.25, 0.3) is 5.91 Å². The summed E-state index contributed by atoms with van der Waals surface area (Å²) in [6.45, 7) is 2.37. The fourth-order valence-electron chi connectivity index (χ4n) is 5.97. The van der Waals surface area contributed by atoms with Gasteiger partial charge < -0.3 is 25.2 Å². The van der Waals surface area contributed by atoms with E-state index in [2.05, 4.69) is 21.7 Å². The summed E-state index contributed by atoms with van der Waals surface area (Å²) < 4.78 is 11.3. The van der Waals surface area contributed by atoms with E-state index in [0.717, 1.165) is 61.4 Å². The normalized spacial score (nSPS) is 25.3. The minimum absolute atomic E-state index is 0.0661. The molecule has 2 aliphatic rings. The van der Waals surface area contributed by atoms with Gasteiger partial charge in [0.1, 0.15) is 5.75 Å². The van der Waals surface area contributed by atoms with Gasteiger partial charge in [-0.3, -0.25) is 14.8 Å². The van der Waals surface area contributed by atoms with E-state index in [1.807, 2.05) is 31.2 Å². The van der Waals surface area contributed by atoms with Crippen LogP contribution < -0.4 is 15.4 Å². The van der Waals surface area contributed by atoms with Crippen molar-refractivity contribution in [2.45, 2.75) is 75.7 Å². The van der Waals surface area contributed by atoms with Gasteiger partial charge in [-0.25, -0.2) is 4.79 Å². The zero-order chi connectivity index (χ0) is 27.0. The summed E-state index contributed by atoms with van der Waals surface area (Å²) in [6.07, 6.45) is 7.87. The Bertz CT molecular complexity index is 1070. The standard InChI is InChI=1S/C29H40N4O5/c1-20-26(37-2)14-13-24(33-20)22-11-9-21(10-12-22)19-32-27(35)29(38-28(36)31-17-18-34)15-5-3-7-23(29)25-8-4-6-16-30-25/h4,6,8,13-14,16,21-23,34H,3,5,7,9-12,15,17-19H2,1-2H3,(H,31,36)(H,32,35)/t21-,22-,23?,29?. The lowest BCUT2D eigenvalue weighted by Gasteiger charge is -2.42. The summed E-state index contributed by atoms with van der Waals surface area (Å²) >= 11 is 0. The molecule has 2 saturated carbocycles. The molecular formula is C29H40N4O5. The van der Waals surface area contributed by atoms with Crippen molar-refractivity contribution in [3.05, 3.63) is 53.6 Å². The molecule has 2 fully saturated rings. The Morgan fingerprint density at radius 2 is 1.87 bits per heavy atom. The Labute approximate surface area is 224 Å². The number of aliphatic hydroxyl groups excluding tert-OH is 1. The summed E-state index contributed by atoms with van der Waals surface area (Å²) in [5.41, 5.74) is 1.42. The molecule has 2 aromatic rings. The molecule has 2 aromatic heterocycles. The van der Waals surface area contributed by atoms with Crippen LogP contribution >= 0.6 is 0 Å². The van der Waals surface area contributed by atoms with Crippen LogP contribution in [-0.2, 0) is 9.53 Å². The number of ether oxygens (including phenoxy) is 2. The van der Waals surface area contributed by atoms with E-state index in [-0.39, 0.29) is 25.0 Å². The summed E-state index contributed by atoms with van der Waals surface area (Å²) in [5.74, 6) is 0.965. The van der Waals surface area contributed by atoms with Gasteiger partial charge in [-0.2, -0.15) is 0 Å². The van der Waals surface area contributed by atoms with Crippen molar-refractivity contribution in [2.24, 2.45) is 5.92 Å². The van der Waals surface area contributed by atoms with E-state index < -0.39 is 11.7 Å². The Morgan fingerprint density at radius 3 is 2.55 bits per heavy atom. The topological polar surface area (TPSA) is 123 Å². The molecule has 38 heavy (non-hydrogen) atoms. The van der Waals surface area contributed by atoms with Crippen LogP contribution in [-0.4, -0.2) is 59.5 Å². The van der Waals surface area contributed by atoms with Crippen molar-refractivity contribution in [1.29, 1.82) is 0 Å². The fourth-order valence-corrected chi connectivity index (χ4v) is 5.97. The minimum atomic E-state index is -1.34. The number of aliphatic hydroxyl groups is 1. The second-order valence-corrected chi connectivity index (χ2v) is 10.4. The molecule has 0 bridgehead atoms. The number of pyridine rings is 2. The first-order chi connectivity index (χ1) is 18.5. The maximum absolute atomic E-state index is 13.8. The predicted octanol–water partition coefficient (Wildman–Crippen LogP) is 4.00. The number of alkyl carbamates (subject to hydrolysis) is 1. The molecular weight excluding hydrogens is 484 g/mol. The summed E-state index contributed by atoms with van der Waals surface area (Å²) in [6, 6.07) is 9.67. The fraction of sp³-hybridized carbons (Fsp3) is 0.586. The van der Waals surface area contributed by atoms with Crippen LogP contribution in [0, 0.1) is 12.8 Å². The number of methoxy groups -OCH3 is 1. The Morgan fingerprint density at radius 1 is 1.05 bits per heavy atom. The average molecular weight is 525 g/mol. The summed E-state index contributed by atoms with van der Waals surface area (Å²) in [4.78, 5) is 35.7. The molecule has 2 amide bonds. The number of carbonyl (C=O) groups excluding carboxylic acids is 2. The maximum atomic E-state index is 13.8. The molecule has 4 rings (SSSR count). The number of rotatable bonds is 9. The van der Waals surface area contributed by atoms with E-state index in [0.29, 0.717) is 31.2 Å². The second-order valence-electron chi connectivity index (χ2n) is 10.4. The van der Waals surface area contributed by atoms with E-state index in [1.165, 1.54) is 0 Å². The predicted molar refractivity (Wildman–Crippen MR) is 143 cm³/mol. The number of hydrogen-bond donors (Lipinski definition) is 3. The molecule has 0 aromatic carbocycles. The van der Waals surface area contributed by atoms with Crippen LogP contribution in [0.15, 0.2) is 36.5 Å². The van der Waals surface area contributed by atoms with E-state index in [9.17, 15) is 9.59 Å². The largest absolute Gasteiger partial charge is 0.495 e. The lowest BCUT2D eigenvalue weighted by atomic mass is 9.72. The second kappa shape index (κ2) is 13.0. The zero-order valence-corrected chi connectivity index (χ0v) is 22.4. The van der Waals surface area contributed by atoms with Gasteiger partial charge in [-0.05, 0) is 82.1 Å². The van der Waals surface area contributed by atoms with Gasteiger partial charge in [0, 0.05) is 36.6 Å². The molecule has 0 aliphatic heterocycles. The first-order valence-electron chi connectivity index (χ1n) is 13.7. The van der Waals surface area contributed by atoms with Crippen molar-refractivity contribution in [3.8, 4) is 5.75 Å². The van der Waals surface area contributed by atoms with Crippen molar-refractivity contribution >= 4 is 12.0 Å². The van der Waals surface area contributed by atoms with Crippen LogP contribution in [0.3, 0.4) is 0 Å². The highest BCUT2D eigenvalue weighted by Crippen LogP contribution is 2.43. The number of nitrogens with one attached hydrogen (secondary N) is 2. The third-order valence-electron chi connectivity index (χ3n) is 8.03. The third kappa shape index (κ3) is 6.43. The molecule has 9 heteroatoms. The monoisotopic (exact) mass is 524 g/mol. The SMILES string of the molecule is COc1ccc([C@H]2CC[C@H](CNC(=O)C3(OC(=O)NCCO)CCCCC3c3ccccn3)CC2)nc1C. The zero-order valence-electron chi connectivity index (χ0n) is 22.4. The minimum Gasteiger partial charge on any atom is -0.495 e. The quantitative estimate of drug-likeness (QED) is 0.453. The van der Waals surface area contributed by atoms with Crippen LogP contribution in [0.25, 0.3) is 0 Å². The molecule has 2 unspecified atom stereocenters. The smallest absolute Gasteiger partial charge is 0.408 e. The van der Waals surface area contributed by atoms with Crippen molar-refractivity contribution < 1.29 is 24.2 Å². The number of hydrogen-bond acceptors (Lipinski definition) is 7. The lowest BCUT2D eigenvalue weighted by Crippen LogP contribution is -2.57. The van der Waals surface area contributed by atoms with Gasteiger partial charge in [0.05, 0.1) is 25.3 Å². The maximum Gasteiger partial charge on any atom is 0.408 e. The number of aryl methyl sites for hydroxylation is 1. The first kappa shape index (κ1) is 27.8. The van der Waals surface area contributed by atoms with E-state index >= 15 is 0 Å². The van der Waals surface area contributed by atoms with Crippen LogP contribution in [0.4, 0.5) is 4.79 Å². The number of nitrogens with zero attached hydrogens (tertiary/aromatic N) is 2. The van der Waals surface area contributed by atoms with Crippen molar-refractivity contribution in [1.82, 2.24) is 20.6 Å². The number of aromatic nitrogens is 2. The molecule has 0 saturated heterocycles. The molecule has 0 radical (unpaired) electrons. The highest BCUT2D eigenvalue weighted by atomic mass is 16.6. The van der Waals surface area contributed by atoms with Gasteiger partial charge in [-0.15, -0.1) is 0 Å². The molecule has 3 N–H and O–H groups in total. The Hall–Kier alpha value is -3.20. The van der Waals surface area contributed by atoms with Gasteiger partial charge in [0.15, 0.2) is 5.60 Å². The van der Waals surface area contributed by atoms with Gasteiger partial charge >= 0.3 is 6.09 Å². The molecule has 206 valence electrons. The van der Waals surface area contributed by atoms with Crippen LogP contribution in [0.2, 0.25) is 0 Å². The lowest BCUT2D eigenvalue weighted by molar-refractivity contribution is -0.146. The molecule has 2 aliphatic carbocycles. The van der Waals surface area contributed by atoms with Crippen LogP contribution in [0.5, 0.6) is 5.75 Å². The molecule has 2 atom stereocenters. The number of amides is 2. The highest BCUT2D eigenvalue weighted by Gasteiger charge is 2.52. The van der Waals surface area contributed by atoms with Crippen molar-refractivity contribution in [2.75, 3.05) is 26.8 Å². The van der Waals surface area contributed by atoms with E-state index in [4.69, 9.17) is 19.6 Å². The average Bonchev–Trinajstić information content (AvgIpc) is 2.95. The molecule has 2 heterocycles. The molecule has 0 spiro atoms. The third-order valence-corrected chi connectivity index (χ3v) is 8.03. The summed E-state index contributed by atoms with van der Waals surface area (Å²) in [7, 11) is 1.66. The van der Waals surface area contributed by atoms with Crippen molar-refractivity contribution in [3.63, 3.8) is 0 Å². The summed E-state index contributed by atoms with van der Waals surface area (Å²) in [5, 5.41) is 14.8.